The first-order valence-corrected chi connectivity index (χ1v) is 9.24. The molecule has 0 aliphatic rings. The Morgan fingerprint density at radius 3 is 1.93 bits per heavy atom. The average molecular weight is 423 g/mol. The van der Waals surface area contributed by atoms with Gasteiger partial charge in [0.25, 0.3) is 5.60 Å². The molecule has 154 valence electrons. The van der Waals surface area contributed by atoms with E-state index < -0.39 is 23.5 Å². The van der Waals surface area contributed by atoms with Gasteiger partial charge in [0.2, 0.25) is 0 Å². The number of hydrogen-bond acceptors (Lipinski definition) is 3. The summed E-state index contributed by atoms with van der Waals surface area (Å²) < 4.78 is 80.4. The molecule has 0 saturated heterocycles. The Balaban J connectivity index is 2.58. The third kappa shape index (κ3) is 4.57. The van der Waals surface area contributed by atoms with Crippen LogP contribution in [0.15, 0.2) is 52.3 Å². The Bertz CT molecular complexity index is 788. The number of alkyl halides is 6. The maximum absolute atomic E-state index is 13.4. The summed E-state index contributed by atoms with van der Waals surface area (Å²) in [6, 6.07) is 9.78. The van der Waals surface area contributed by atoms with Gasteiger partial charge in [0, 0.05) is 21.0 Å². The van der Waals surface area contributed by atoms with Crippen LogP contribution in [-0.4, -0.2) is 17.5 Å². The minimum atomic E-state index is -5.92. The molecule has 0 heterocycles. The molecule has 0 aliphatic heterocycles. The van der Waals surface area contributed by atoms with Crippen LogP contribution in [0.1, 0.15) is 30.9 Å². The van der Waals surface area contributed by atoms with Crippen LogP contribution in [0, 0.1) is 0 Å². The lowest BCUT2D eigenvalue weighted by Gasteiger charge is -2.34. The second-order valence-corrected chi connectivity index (χ2v) is 7.45. The fourth-order valence-corrected chi connectivity index (χ4v) is 3.54. The topological polar surface area (TPSA) is 46.2 Å². The Kier molecular flexibility index (Phi) is 6.60. The van der Waals surface area contributed by atoms with E-state index in [4.69, 9.17) is 5.73 Å². The summed E-state index contributed by atoms with van der Waals surface area (Å²) in [5.41, 5.74) is -0.256. The molecule has 0 unspecified atom stereocenters. The van der Waals surface area contributed by atoms with Crippen LogP contribution >= 0.6 is 11.8 Å². The van der Waals surface area contributed by atoms with Crippen molar-refractivity contribution in [2.24, 2.45) is 0 Å². The summed E-state index contributed by atoms with van der Waals surface area (Å²) in [7, 11) is 0. The van der Waals surface area contributed by atoms with E-state index in [9.17, 15) is 31.4 Å². The number of hydrogen-bond donors (Lipinski definition) is 2. The molecule has 0 amide bonds. The number of aryl methyl sites for hydroxylation is 1. The lowest BCUT2D eigenvalue weighted by atomic mass is 9.86. The molecule has 2 nitrogen and oxygen atoms in total. The number of halogens is 6. The number of unbranched alkanes of at least 4 members (excludes halogenated alkanes) is 1. The molecule has 0 aromatic heterocycles. The van der Waals surface area contributed by atoms with Crippen molar-refractivity contribution in [2.75, 3.05) is 5.73 Å². The van der Waals surface area contributed by atoms with Gasteiger partial charge in [-0.15, -0.1) is 0 Å². The highest BCUT2D eigenvalue weighted by molar-refractivity contribution is 7.99. The molecule has 9 heteroatoms. The molecule has 2 rings (SSSR count). The molecule has 0 saturated carbocycles. The summed E-state index contributed by atoms with van der Waals surface area (Å²) >= 11 is 0.979. The highest BCUT2D eigenvalue weighted by Gasteiger charge is 2.71. The molecule has 0 fully saturated rings. The maximum atomic E-state index is 13.4. The van der Waals surface area contributed by atoms with Crippen molar-refractivity contribution in [1.82, 2.24) is 0 Å². The lowest BCUT2D eigenvalue weighted by molar-refractivity contribution is -0.376. The Morgan fingerprint density at radius 2 is 1.43 bits per heavy atom. The van der Waals surface area contributed by atoms with Crippen molar-refractivity contribution in [3.63, 3.8) is 0 Å². The standard InChI is InChI=1S/C19H19F6NOS/c1-2-3-4-12-5-8-15(28-14-9-6-13(26)7-10-14)11-16(12)17(27,18(20,21)22)19(23,24)25/h5-11,27H,2-4,26H2,1H3. The van der Waals surface area contributed by atoms with Crippen molar-refractivity contribution >= 4 is 17.4 Å². The lowest BCUT2D eigenvalue weighted by Crippen LogP contribution is -2.54. The fourth-order valence-electron chi connectivity index (χ4n) is 2.68. The van der Waals surface area contributed by atoms with Crippen LogP contribution in [0.3, 0.4) is 0 Å². The molecule has 2 aromatic carbocycles. The number of benzene rings is 2. The largest absolute Gasteiger partial charge is 0.430 e. The minimum Gasteiger partial charge on any atom is -0.399 e. The SMILES string of the molecule is CCCCc1ccc(Sc2ccc(N)cc2)cc1C(O)(C(F)(F)F)C(F)(F)F. The second kappa shape index (κ2) is 8.24. The van der Waals surface area contributed by atoms with Crippen molar-refractivity contribution in [2.45, 2.75) is 53.9 Å². The average Bonchev–Trinajstić information content (AvgIpc) is 2.60. The van der Waals surface area contributed by atoms with E-state index in [1.54, 1.807) is 31.2 Å². The van der Waals surface area contributed by atoms with Crippen LogP contribution in [0.4, 0.5) is 32.0 Å². The van der Waals surface area contributed by atoms with Gasteiger partial charge in [0.15, 0.2) is 0 Å². The first-order valence-electron chi connectivity index (χ1n) is 8.42. The molecule has 0 bridgehead atoms. The number of nitrogen functional groups attached to an aromatic ring is 1. The van der Waals surface area contributed by atoms with E-state index in [1.807, 2.05) is 0 Å². The van der Waals surface area contributed by atoms with Gasteiger partial charge in [-0.3, -0.25) is 0 Å². The van der Waals surface area contributed by atoms with Crippen molar-refractivity contribution in [3.8, 4) is 0 Å². The van der Waals surface area contributed by atoms with Gasteiger partial charge in [0.05, 0.1) is 0 Å². The zero-order chi connectivity index (χ0) is 21.2. The van der Waals surface area contributed by atoms with Gasteiger partial charge in [-0.05, 0) is 54.8 Å². The number of rotatable bonds is 6. The monoisotopic (exact) mass is 423 g/mol. The Morgan fingerprint density at radius 1 is 0.893 bits per heavy atom. The van der Waals surface area contributed by atoms with Gasteiger partial charge in [-0.25, -0.2) is 0 Å². The van der Waals surface area contributed by atoms with Crippen molar-refractivity contribution in [1.29, 1.82) is 0 Å². The van der Waals surface area contributed by atoms with Crippen molar-refractivity contribution in [3.05, 3.63) is 53.6 Å². The Labute approximate surface area is 162 Å². The minimum absolute atomic E-state index is 0.00682. The summed E-state index contributed by atoms with van der Waals surface area (Å²) in [4.78, 5) is 0.732. The number of anilines is 1. The van der Waals surface area contributed by atoms with Crippen LogP contribution in [0.5, 0.6) is 0 Å². The third-order valence-electron chi connectivity index (χ3n) is 4.21. The fraction of sp³-hybridized carbons (Fsp3) is 0.368. The predicted octanol–water partition coefficient (Wildman–Crippen LogP) is 6.07. The van der Waals surface area contributed by atoms with Crippen molar-refractivity contribution < 1.29 is 31.4 Å². The number of nitrogens with two attached hydrogens (primary N) is 1. The predicted molar refractivity (Wildman–Crippen MR) is 96.0 cm³/mol. The van der Waals surface area contributed by atoms with Gasteiger partial charge in [-0.2, -0.15) is 26.3 Å². The van der Waals surface area contributed by atoms with E-state index in [2.05, 4.69) is 0 Å². The summed E-state index contributed by atoms with van der Waals surface area (Å²) in [5, 5.41) is 9.89. The molecular formula is C19H19F6NOS. The summed E-state index contributed by atoms with van der Waals surface area (Å²) in [6.45, 7) is 1.77. The smallest absolute Gasteiger partial charge is 0.399 e. The van der Waals surface area contributed by atoms with Crippen LogP contribution in [0.2, 0.25) is 0 Å². The molecule has 0 radical (unpaired) electrons. The van der Waals surface area contributed by atoms with Gasteiger partial charge < -0.3 is 10.8 Å². The van der Waals surface area contributed by atoms with Crippen LogP contribution < -0.4 is 5.73 Å². The zero-order valence-corrected chi connectivity index (χ0v) is 15.7. The van der Waals surface area contributed by atoms with E-state index in [1.165, 1.54) is 12.1 Å². The molecular weight excluding hydrogens is 404 g/mol. The van der Waals surface area contributed by atoms with Crippen LogP contribution in [0.25, 0.3) is 0 Å². The molecule has 28 heavy (non-hydrogen) atoms. The van der Waals surface area contributed by atoms with E-state index >= 15 is 0 Å². The molecule has 0 atom stereocenters. The highest BCUT2D eigenvalue weighted by Crippen LogP contribution is 2.51. The zero-order valence-electron chi connectivity index (χ0n) is 14.9. The van der Waals surface area contributed by atoms with E-state index in [0.717, 1.165) is 17.8 Å². The first-order chi connectivity index (χ1) is 12.9. The summed E-state index contributed by atoms with van der Waals surface area (Å²) in [5.74, 6) is 0. The van der Waals surface area contributed by atoms with Gasteiger partial charge in [-0.1, -0.05) is 31.2 Å². The highest BCUT2D eigenvalue weighted by atomic mass is 32.2. The quantitative estimate of drug-likeness (QED) is 0.438. The second-order valence-electron chi connectivity index (χ2n) is 6.30. The van der Waals surface area contributed by atoms with Crippen LogP contribution in [-0.2, 0) is 12.0 Å². The maximum Gasteiger partial charge on any atom is 0.430 e. The van der Waals surface area contributed by atoms with Gasteiger partial charge >= 0.3 is 12.4 Å². The first kappa shape index (κ1) is 22.4. The third-order valence-corrected chi connectivity index (χ3v) is 5.20. The normalized spacial score (nSPS) is 13.0. The molecule has 0 spiro atoms. The van der Waals surface area contributed by atoms with E-state index in [0.29, 0.717) is 23.4 Å². The number of aliphatic hydroxyl groups is 1. The van der Waals surface area contributed by atoms with E-state index in [-0.39, 0.29) is 16.9 Å². The van der Waals surface area contributed by atoms with Gasteiger partial charge in [0.1, 0.15) is 0 Å². The summed E-state index contributed by atoms with van der Waals surface area (Å²) in [6.07, 6.45) is -10.9. The molecule has 3 N–H and O–H groups in total. The Hall–Kier alpha value is -1.87. The molecule has 0 aliphatic carbocycles. The molecule has 2 aromatic rings.